The molecule has 0 aromatic heterocycles. The predicted molar refractivity (Wildman–Crippen MR) is 133 cm³/mol. The van der Waals surface area contributed by atoms with E-state index >= 15 is 0 Å². The summed E-state index contributed by atoms with van der Waals surface area (Å²) in [7, 11) is 0. The van der Waals surface area contributed by atoms with E-state index in [0.29, 0.717) is 0 Å². The van der Waals surface area contributed by atoms with Crippen molar-refractivity contribution in [3.8, 4) is 0 Å². The second-order valence-corrected chi connectivity index (χ2v) is 10.5. The second kappa shape index (κ2) is 13.4. The minimum Gasteiger partial charge on any atom is -0.0850 e. The maximum atomic E-state index is 2.62. The third kappa shape index (κ3) is 8.24. The van der Waals surface area contributed by atoms with Crippen molar-refractivity contribution in [3.05, 3.63) is 47.0 Å². The number of hydrogen-bond acceptors (Lipinski definition) is 0. The molecule has 0 radical (unpaired) electrons. The molecule has 0 spiro atoms. The Kier molecular flexibility index (Phi) is 10.5. The molecule has 1 aromatic rings. The van der Waals surface area contributed by atoms with Gasteiger partial charge in [-0.2, -0.15) is 0 Å². The molecule has 1 fully saturated rings. The number of aryl methyl sites for hydroxylation is 2. The fourth-order valence-electron chi connectivity index (χ4n) is 5.88. The van der Waals surface area contributed by atoms with Gasteiger partial charge in [0.2, 0.25) is 0 Å². The van der Waals surface area contributed by atoms with Crippen LogP contribution in [-0.2, 0) is 12.8 Å². The molecule has 0 amide bonds. The fourth-order valence-corrected chi connectivity index (χ4v) is 5.88. The Morgan fingerprint density at radius 2 is 1.27 bits per heavy atom. The Morgan fingerprint density at radius 3 is 1.87 bits per heavy atom. The highest BCUT2D eigenvalue weighted by atomic mass is 14.3. The molecule has 168 valence electrons. The molecular weight excluding hydrogens is 360 g/mol. The number of allylic oxidation sites excluding steroid dienone is 2. The van der Waals surface area contributed by atoms with E-state index in [9.17, 15) is 0 Å². The quantitative estimate of drug-likeness (QED) is 0.238. The standard InChI is InChI=1S/C30H48/c1-3-5-6-8-26-11-15-28(16-12-26)18-20-30-23-21-29(22-24-30)19-17-27-13-9-25(7-4-2)10-14-27/h11-12,15-16,23,25,27,29H,3-10,13-14,17-22,24H2,1-2H3. The van der Waals surface area contributed by atoms with E-state index in [0.717, 1.165) is 17.8 Å². The lowest BCUT2D eigenvalue weighted by atomic mass is 9.76. The van der Waals surface area contributed by atoms with Gasteiger partial charge in [-0.15, -0.1) is 0 Å². The Bertz CT molecular complexity index is 599. The first kappa shape index (κ1) is 23.6. The summed E-state index contributed by atoms with van der Waals surface area (Å²) in [4.78, 5) is 0. The lowest BCUT2D eigenvalue weighted by Crippen LogP contribution is -2.16. The van der Waals surface area contributed by atoms with E-state index in [-0.39, 0.29) is 0 Å². The summed E-state index contributed by atoms with van der Waals surface area (Å²) >= 11 is 0. The summed E-state index contributed by atoms with van der Waals surface area (Å²) < 4.78 is 0. The zero-order valence-electron chi connectivity index (χ0n) is 20.1. The van der Waals surface area contributed by atoms with E-state index in [1.165, 1.54) is 120 Å². The lowest BCUT2D eigenvalue weighted by Gasteiger charge is -2.30. The topological polar surface area (TPSA) is 0 Å². The average Bonchev–Trinajstić information content (AvgIpc) is 2.79. The molecule has 2 aliphatic rings. The van der Waals surface area contributed by atoms with Gasteiger partial charge in [0.1, 0.15) is 0 Å². The molecule has 3 rings (SSSR count). The Hall–Kier alpha value is -1.04. The summed E-state index contributed by atoms with van der Waals surface area (Å²) in [5.41, 5.74) is 4.78. The number of hydrogen-bond donors (Lipinski definition) is 0. The number of unbranched alkanes of at least 4 members (excludes halogenated alkanes) is 2. The molecule has 1 unspecified atom stereocenters. The molecular formula is C30H48. The van der Waals surface area contributed by atoms with Gasteiger partial charge < -0.3 is 0 Å². The van der Waals surface area contributed by atoms with E-state index in [1.807, 2.05) is 0 Å². The van der Waals surface area contributed by atoms with Gasteiger partial charge in [0, 0.05) is 0 Å². The zero-order valence-corrected chi connectivity index (χ0v) is 20.1. The summed E-state index contributed by atoms with van der Waals surface area (Å²) in [5, 5.41) is 0. The molecule has 1 aromatic carbocycles. The van der Waals surface area contributed by atoms with E-state index < -0.39 is 0 Å². The predicted octanol–water partition coefficient (Wildman–Crippen LogP) is 9.47. The van der Waals surface area contributed by atoms with E-state index in [1.54, 1.807) is 5.57 Å². The third-order valence-electron chi connectivity index (χ3n) is 8.09. The fraction of sp³-hybridized carbons (Fsp3) is 0.733. The highest BCUT2D eigenvalue weighted by Gasteiger charge is 2.22. The summed E-state index contributed by atoms with van der Waals surface area (Å²) in [6.45, 7) is 4.63. The molecule has 2 aliphatic carbocycles. The van der Waals surface area contributed by atoms with Crippen molar-refractivity contribution in [2.24, 2.45) is 17.8 Å². The van der Waals surface area contributed by atoms with Crippen molar-refractivity contribution < 1.29 is 0 Å². The minimum atomic E-state index is 0.976. The van der Waals surface area contributed by atoms with Crippen LogP contribution in [0, 0.1) is 17.8 Å². The molecule has 0 aliphatic heterocycles. The molecule has 0 N–H and O–H groups in total. The molecule has 1 atom stereocenters. The maximum Gasteiger partial charge on any atom is -0.0241 e. The molecule has 0 bridgehead atoms. The van der Waals surface area contributed by atoms with Crippen molar-refractivity contribution in [2.75, 3.05) is 0 Å². The van der Waals surface area contributed by atoms with Crippen LogP contribution in [-0.4, -0.2) is 0 Å². The van der Waals surface area contributed by atoms with Crippen LogP contribution in [0.2, 0.25) is 0 Å². The monoisotopic (exact) mass is 408 g/mol. The molecule has 0 saturated heterocycles. The first-order valence-corrected chi connectivity index (χ1v) is 13.5. The Labute approximate surface area is 187 Å². The van der Waals surface area contributed by atoms with Crippen LogP contribution < -0.4 is 0 Å². The Morgan fingerprint density at radius 1 is 0.633 bits per heavy atom. The van der Waals surface area contributed by atoms with Crippen LogP contribution in [0.4, 0.5) is 0 Å². The van der Waals surface area contributed by atoms with Crippen molar-refractivity contribution in [3.63, 3.8) is 0 Å². The summed E-state index contributed by atoms with van der Waals surface area (Å²) in [6, 6.07) is 9.49. The van der Waals surface area contributed by atoms with Gasteiger partial charge in [-0.05, 0) is 80.2 Å². The number of rotatable bonds is 12. The van der Waals surface area contributed by atoms with Gasteiger partial charge in [0.05, 0.1) is 0 Å². The molecule has 30 heavy (non-hydrogen) atoms. The Balaban J connectivity index is 1.30. The van der Waals surface area contributed by atoms with Gasteiger partial charge in [0.15, 0.2) is 0 Å². The first-order chi connectivity index (χ1) is 14.8. The largest absolute Gasteiger partial charge is 0.0850 e. The molecule has 0 heterocycles. The highest BCUT2D eigenvalue weighted by molar-refractivity contribution is 5.23. The van der Waals surface area contributed by atoms with Gasteiger partial charge in [-0.1, -0.05) is 108 Å². The van der Waals surface area contributed by atoms with Gasteiger partial charge in [-0.25, -0.2) is 0 Å². The number of benzene rings is 1. The SMILES string of the molecule is CCCCCc1ccc(CCC2=CCC(CCC3CCC(CCC)CC3)CC2)cc1. The van der Waals surface area contributed by atoms with Gasteiger partial charge in [-0.3, -0.25) is 0 Å². The maximum absolute atomic E-state index is 2.62. The van der Waals surface area contributed by atoms with E-state index in [2.05, 4.69) is 44.2 Å². The lowest BCUT2D eigenvalue weighted by molar-refractivity contribution is 0.236. The molecule has 0 nitrogen and oxygen atoms in total. The van der Waals surface area contributed by atoms with Crippen molar-refractivity contribution in [2.45, 2.75) is 123 Å². The van der Waals surface area contributed by atoms with Crippen LogP contribution in [0.1, 0.15) is 121 Å². The summed E-state index contributed by atoms with van der Waals surface area (Å²) in [6.07, 6.45) is 26.5. The van der Waals surface area contributed by atoms with Gasteiger partial charge >= 0.3 is 0 Å². The van der Waals surface area contributed by atoms with Crippen molar-refractivity contribution >= 4 is 0 Å². The molecule has 1 saturated carbocycles. The summed E-state index contributed by atoms with van der Waals surface area (Å²) in [5.74, 6) is 3.08. The first-order valence-electron chi connectivity index (χ1n) is 13.5. The normalized spacial score (nSPS) is 24.6. The van der Waals surface area contributed by atoms with Crippen molar-refractivity contribution in [1.82, 2.24) is 0 Å². The second-order valence-electron chi connectivity index (χ2n) is 10.5. The smallest absolute Gasteiger partial charge is 0.0241 e. The minimum absolute atomic E-state index is 0.976. The van der Waals surface area contributed by atoms with Gasteiger partial charge in [0.25, 0.3) is 0 Å². The van der Waals surface area contributed by atoms with E-state index in [4.69, 9.17) is 0 Å². The van der Waals surface area contributed by atoms with Crippen LogP contribution in [0.5, 0.6) is 0 Å². The van der Waals surface area contributed by atoms with Crippen LogP contribution >= 0.6 is 0 Å². The average molecular weight is 409 g/mol. The highest BCUT2D eigenvalue weighted by Crippen LogP contribution is 2.36. The van der Waals surface area contributed by atoms with Crippen LogP contribution in [0.3, 0.4) is 0 Å². The third-order valence-corrected chi connectivity index (χ3v) is 8.09. The van der Waals surface area contributed by atoms with Crippen LogP contribution in [0.15, 0.2) is 35.9 Å². The van der Waals surface area contributed by atoms with Crippen LogP contribution in [0.25, 0.3) is 0 Å². The zero-order chi connectivity index (χ0) is 21.0. The molecule has 0 heteroatoms. The van der Waals surface area contributed by atoms with Crippen molar-refractivity contribution in [1.29, 1.82) is 0 Å².